The first-order valence-electron chi connectivity index (χ1n) is 16.9. The SMILES string of the molecule is C[C@@]12C(=O)N(c3ccccc3)C(=O)[C@@H]1C[C@@H]1C(=CC[C@@H]3C(=O)N(c4cccc(C(=O)O)c4)C(=O)[C@@H]31)[C@@H]2c1ccc(OCc2ccccc2)cc1O. The predicted molar refractivity (Wildman–Crippen MR) is 186 cm³/mol. The molecule has 4 aromatic carbocycles. The van der Waals surface area contributed by atoms with Crippen LogP contribution < -0.4 is 14.5 Å². The monoisotopic (exact) mass is 682 g/mol. The third kappa shape index (κ3) is 4.96. The van der Waals surface area contributed by atoms with Crippen LogP contribution in [0.4, 0.5) is 11.4 Å². The second kappa shape index (κ2) is 12.1. The van der Waals surface area contributed by atoms with Gasteiger partial charge in [0.05, 0.1) is 40.1 Å². The van der Waals surface area contributed by atoms with Crippen LogP contribution in [0.2, 0.25) is 0 Å². The van der Waals surface area contributed by atoms with Crippen molar-refractivity contribution >= 4 is 41.0 Å². The molecule has 4 aliphatic rings. The van der Waals surface area contributed by atoms with Crippen molar-refractivity contribution in [2.24, 2.45) is 29.1 Å². The molecular formula is C41H34N2O8. The summed E-state index contributed by atoms with van der Waals surface area (Å²) in [6.45, 7) is 2.04. The van der Waals surface area contributed by atoms with Crippen LogP contribution in [-0.2, 0) is 25.8 Å². The Hall–Kier alpha value is -6.03. The molecule has 10 heteroatoms. The zero-order chi connectivity index (χ0) is 35.6. The van der Waals surface area contributed by atoms with Gasteiger partial charge in [-0.05, 0) is 67.6 Å². The number of benzene rings is 4. The first-order chi connectivity index (χ1) is 24.6. The molecule has 2 N–H and O–H groups in total. The van der Waals surface area contributed by atoms with Crippen LogP contribution in [0.5, 0.6) is 11.5 Å². The molecule has 2 saturated heterocycles. The molecule has 51 heavy (non-hydrogen) atoms. The molecule has 0 spiro atoms. The first kappa shape index (κ1) is 32.2. The third-order valence-electron chi connectivity index (χ3n) is 11.2. The van der Waals surface area contributed by atoms with Gasteiger partial charge in [0.25, 0.3) is 0 Å². The van der Waals surface area contributed by atoms with Crippen LogP contribution in [-0.4, -0.2) is 39.8 Å². The summed E-state index contributed by atoms with van der Waals surface area (Å²) in [5, 5.41) is 21.2. The molecule has 0 unspecified atom stereocenters. The Morgan fingerprint density at radius 1 is 0.804 bits per heavy atom. The van der Waals surface area contributed by atoms with Crippen LogP contribution in [0, 0.1) is 29.1 Å². The highest BCUT2D eigenvalue weighted by Gasteiger charge is 2.68. The number of carboxylic acids is 1. The number of anilines is 2. The summed E-state index contributed by atoms with van der Waals surface area (Å²) in [6.07, 6.45) is 2.26. The number of nitrogens with zero attached hydrogens (tertiary/aromatic N) is 2. The van der Waals surface area contributed by atoms with Crippen molar-refractivity contribution in [3.05, 3.63) is 131 Å². The van der Waals surface area contributed by atoms with Gasteiger partial charge in [-0.1, -0.05) is 72.3 Å². The highest BCUT2D eigenvalue weighted by Crippen LogP contribution is 2.64. The molecule has 10 nitrogen and oxygen atoms in total. The maximum absolute atomic E-state index is 14.6. The normalized spacial score (nSPS) is 26.8. The number of ether oxygens (including phenoxy) is 1. The Morgan fingerprint density at radius 2 is 1.51 bits per heavy atom. The number of allylic oxidation sites excluding steroid dienone is 2. The van der Waals surface area contributed by atoms with Gasteiger partial charge in [-0.2, -0.15) is 0 Å². The van der Waals surface area contributed by atoms with Crippen molar-refractivity contribution in [2.45, 2.75) is 32.3 Å². The Labute approximate surface area is 293 Å². The lowest BCUT2D eigenvalue weighted by Gasteiger charge is -2.49. The number of fused-ring (bicyclic) bond motifs is 4. The van der Waals surface area contributed by atoms with Crippen molar-refractivity contribution in [1.82, 2.24) is 0 Å². The molecule has 6 atom stereocenters. The van der Waals surface area contributed by atoms with Gasteiger partial charge in [0.1, 0.15) is 18.1 Å². The molecule has 0 aromatic heterocycles. The number of rotatable bonds is 7. The molecule has 0 radical (unpaired) electrons. The summed E-state index contributed by atoms with van der Waals surface area (Å²) in [6, 6.07) is 29.0. The number of para-hydroxylation sites is 1. The van der Waals surface area contributed by atoms with E-state index in [1.54, 1.807) is 49.4 Å². The summed E-state index contributed by atoms with van der Waals surface area (Å²) < 4.78 is 5.98. The van der Waals surface area contributed by atoms with Crippen molar-refractivity contribution in [1.29, 1.82) is 0 Å². The van der Waals surface area contributed by atoms with E-state index in [4.69, 9.17) is 4.74 Å². The average molecular weight is 683 g/mol. The minimum absolute atomic E-state index is 0.0574. The molecule has 0 bridgehead atoms. The number of hydrogen-bond donors (Lipinski definition) is 2. The molecule has 8 rings (SSSR count). The van der Waals surface area contributed by atoms with E-state index in [0.29, 0.717) is 17.0 Å². The summed E-state index contributed by atoms with van der Waals surface area (Å²) in [7, 11) is 0. The number of hydrogen-bond acceptors (Lipinski definition) is 7. The topological polar surface area (TPSA) is 142 Å². The number of carbonyl (C=O) groups excluding carboxylic acids is 4. The molecule has 3 fully saturated rings. The number of phenolic OH excluding ortho intramolecular Hbond substituents is 1. The number of carbonyl (C=O) groups is 5. The fourth-order valence-electron chi connectivity index (χ4n) is 8.81. The van der Waals surface area contributed by atoms with Gasteiger partial charge in [-0.3, -0.25) is 24.1 Å². The minimum Gasteiger partial charge on any atom is -0.508 e. The minimum atomic E-state index is -1.33. The smallest absolute Gasteiger partial charge is 0.335 e. The van der Waals surface area contributed by atoms with Crippen LogP contribution >= 0.6 is 0 Å². The quantitative estimate of drug-likeness (QED) is 0.176. The lowest BCUT2D eigenvalue weighted by atomic mass is 9.51. The Balaban J connectivity index is 1.21. The van der Waals surface area contributed by atoms with Crippen LogP contribution in [0.3, 0.4) is 0 Å². The third-order valence-corrected chi connectivity index (χ3v) is 11.2. The molecule has 1 saturated carbocycles. The maximum atomic E-state index is 14.6. The number of imide groups is 2. The Kier molecular flexibility index (Phi) is 7.63. The van der Waals surface area contributed by atoms with Crippen LogP contribution in [0.15, 0.2) is 115 Å². The summed E-state index contributed by atoms with van der Waals surface area (Å²) in [5.74, 6) is -6.44. The molecule has 256 valence electrons. The van der Waals surface area contributed by atoms with Gasteiger partial charge in [-0.25, -0.2) is 9.69 Å². The number of carboxylic acid groups (broad SMARTS) is 1. The summed E-state index contributed by atoms with van der Waals surface area (Å²) in [4.78, 5) is 71.3. The molecule has 4 aromatic rings. The molecule has 2 heterocycles. The first-order valence-corrected chi connectivity index (χ1v) is 16.9. The number of aromatic hydroxyl groups is 1. The van der Waals surface area contributed by atoms with E-state index >= 15 is 0 Å². The fraction of sp³-hybridized carbons (Fsp3) is 0.244. The van der Waals surface area contributed by atoms with Gasteiger partial charge in [-0.15, -0.1) is 0 Å². The van der Waals surface area contributed by atoms with Crippen molar-refractivity contribution < 1.29 is 38.9 Å². The summed E-state index contributed by atoms with van der Waals surface area (Å²) in [5.41, 5.74) is 1.31. The van der Waals surface area contributed by atoms with Gasteiger partial charge in [0.15, 0.2) is 0 Å². The molecule has 2 aliphatic heterocycles. The van der Waals surface area contributed by atoms with Crippen LogP contribution in [0.1, 0.15) is 47.2 Å². The zero-order valence-corrected chi connectivity index (χ0v) is 27.6. The number of amides is 4. The van der Waals surface area contributed by atoms with E-state index in [1.165, 1.54) is 35.2 Å². The van der Waals surface area contributed by atoms with E-state index in [1.807, 2.05) is 36.4 Å². The Bertz CT molecular complexity index is 2150. The van der Waals surface area contributed by atoms with E-state index in [-0.39, 0.29) is 36.4 Å². The number of phenols is 1. The second-order valence-electron chi connectivity index (χ2n) is 13.9. The van der Waals surface area contributed by atoms with E-state index in [9.17, 15) is 34.2 Å². The highest BCUT2D eigenvalue weighted by atomic mass is 16.5. The van der Waals surface area contributed by atoms with Gasteiger partial charge < -0.3 is 14.9 Å². The lowest BCUT2D eigenvalue weighted by molar-refractivity contribution is -0.131. The summed E-state index contributed by atoms with van der Waals surface area (Å²) >= 11 is 0. The zero-order valence-electron chi connectivity index (χ0n) is 27.6. The molecule has 2 aliphatic carbocycles. The molecular weight excluding hydrogens is 648 g/mol. The van der Waals surface area contributed by atoms with Crippen molar-refractivity contribution in [2.75, 3.05) is 9.80 Å². The van der Waals surface area contributed by atoms with Gasteiger partial charge in [0.2, 0.25) is 23.6 Å². The van der Waals surface area contributed by atoms with E-state index in [0.717, 1.165) is 16.0 Å². The van der Waals surface area contributed by atoms with Gasteiger partial charge >= 0.3 is 5.97 Å². The standard InChI is InChI=1S/C41H34N2O8/c1-41-32(37(46)43(40(41)50)25-12-6-3-7-13-25)21-31-28(35(41)29-16-15-27(20-33(29)44)51-22-23-9-4-2-5-10-23)17-18-30-34(31)38(47)42(36(30)45)26-14-8-11-24(19-26)39(48)49/h2-17,19-20,30-32,34-35,44H,18,21-22H2,1H3,(H,48,49)/t30-,31+,32-,34-,35+,41+/m0/s1. The molecule has 4 amide bonds. The van der Waals surface area contributed by atoms with Gasteiger partial charge in [0, 0.05) is 17.5 Å². The van der Waals surface area contributed by atoms with E-state index in [2.05, 4.69) is 0 Å². The largest absolute Gasteiger partial charge is 0.508 e. The van der Waals surface area contributed by atoms with Crippen molar-refractivity contribution in [3.63, 3.8) is 0 Å². The predicted octanol–water partition coefficient (Wildman–Crippen LogP) is 6.10. The Morgan fingerprint density at radius 3 is 2.22 bits per heavy atom. The highest BCUT2D eigenvalue weighted by molar-refractivity contribution is 6.25. The second-order valence-corrected chi connectivity index (χ2v) is 13.9. The fourth-order valence-corrected chi connectivity index (χ4v) is 8.81. The maximum Gasteiger partial charge on any atom is 0.335 e. The lowest BCUT2D eigenvalue weighted by Crippen LogP contribution is -2.48. The average Bonchev–Trinajstić information content (AvgIpc) is 3.51. The van der Waals surface area contributed by atoms with Crippen LogP contribution in [0.25, 0.3) is 0 Å². The van der Waals surface area contributed by atoms with Crippen molar-refractivity contribution in [3.8, 4) is 11.5 Å². The van der Waals surface area contributed by atoms with E-state index < -0.39 is 64.6 Å². The number of aromatic carboxylic acids is 1.